The topological polar surface area (TPSA) is 93.9 Å². The van der Waals surface area contributed by atoms with E-state index in [1.54, 1.807) is 36.7 Å². The summed E-state index contributed by atoms with van der Waals surface area (Å²) in [6.07, 6.45) is 3.28. The van der Waals surface area contributed by atoms with Gasteiger partial charge in [0.2, 0.25) is 0 Å². The number of para-hydroxylation sites is 2. The van der Waals surface area contributed by atoms with E-state index in [1.165, 1.54) is 0 Å². The first kappa shape index (κ1) is 20.2. The Balaban J connectivity index is 1.35. The van der Waals surface area contributed by atoms with Gasteiger partial charge in [0.05, 0.1) is 22.4 Å². The second-order valence-corrected chi connectivity index (χ2v) is 7.47. The molecule has 33 heavy (non-hydrogen) atoms. The van der Waals surface area contributed by atoms with E-state index in [4.69, 9.17) is 0 Å². The fourth-order valence-electron chi connectivity index (χ4n) is 3.40. The third-order valence-electron chi connectivity index (χ3n) is 5.19. The van der Waals surface area contributed by atoms with Gasteiger partial charge in [0.25, 0.3) is 0 Å². The van der Waals surface area contributed by atoms with Gasteiger partial charge in [-0.1, -0.05) is 24.3 Å². The highest BCUT2D eigenvalue weighted by Gasteiger charge is 2.06. The minimum absolute atomic E-state index is 0.194. The number of hydrogen-bond donors (Lipinski definition) is 3. The third kappa shape index (κ3) is 4.50. The number of aromatic amines is 1. The van der Waals surface area contributed by atoms with E-state index < -0.39 is 0 Å². The average molecular weight is 432 g/mol. The molecule has 0 spiro atoms. The van der Waals surface area contributed by atoms with Gasteiger partial charge < -0.3 is 15.2 Å². The highest BCUT2D eigenvalue weighted by molar-refractivity contribution is 5.88. The lowest BCUT2D eigenvalue weighted by molar-refractivity contribution is 0.474. The molecule has 0 saturated carbocycles. The molecule has 0 aliphatic carbocycles. The number of aliphatic imine (C=N–C) groups is 2. The van der Waals surface area contributed by atoms with E-state index in [0.717, 1.165) is 33.8 Å². The van der Waals surface area contributed by atoms with Gasteiger partial charge in [-0.15, -0.1) is 0 Å². The molecule has 6 nitrogen and oxygen atoms in total. The summed E-state index contributed by atoms with van der Waals surface area (Å²) in [4.78, 5) is 16.9. The molecule has 0 bridgehead atoms. The van der Waals surface area contributed by atoms with E-state index in [-0.39, 0.29) is 11.5 Å². The molecule has 0 aliphatic rings. The molecule has 160 valence electrons. The van der Waals surface area contributed by atoms with Crippen LogP contribution in [0, 0.1) is 0 Å². The van der Waals surface area contributed by atoms with Crippen molar-refractivity contribution < 1.29 is 10.2 Å². The molecule has 1 heterocycles. The molecule has 0 fully saturated rings. The summed E-state index contributed by atoms with van der Waals surface area (Å²) in [6, 6.07) is 27.6. The van der Waals surface area contributed by atoms with Crippen LogP contribution in [-0.4, -0.2) is 32.6 Å². The predicted molar refractivity (Wildman–Crippen MR) is 132 cm³/mol. The van der Waals surface area contributed by atoms with Crippen molar-refractivity contribution in [2.45, 2.75) is 0 Å². The zero-order valence-electron chi connectivity index (χ0n) is 17.6. The van der Waals surface area contributed by atoms with E-state index in [9.17, 15) is 10.2 Å². The number of H-pyrrole nitrogens is 1. The minimum atomic E-state index is 0.194. The molecule has 0 saturated heterocycles. The van der Waals surface area contributed by atoms with Gasteiger partial charge >= 0.3 is 0 Å². The fraction of sp³-hybridized carbons (Fsp3) is 0. The lowest BCUT2D eigenvalue weighted by Crippen LogP contribution is -1.82. The minimum Gasteiger partial charge on any atom is -0.507 e. The van der Waals surface area contributed by atoms with Crippen molar-refractivity contribution in [1.29, 1.82) is 0 Å². The van der Waals surface area contributed by atoms with E-state index >= 15 is 0 Å². The van der Waals surface area contributed by atoms with Crippen LogP contribution in [0.4, 0.5) is 11.4 Å². The van der Waals surface area contributed by atoms with Crippen LogP contribution in [0.5, 0.6) is 11.5 Å². The number of rotatable bonds is 5. The number of aromatic nitrogens is 2. The van der Waals surface area contributed by atoms with Crippen LogP contribution in [0.25, 0.3) is 22.4 Å². The number of fused-ring (bicyclic) bond motifs is 1. The van der Waals surface area contributed by atoms with E-state index in [1.807, 2.05) is 66.7 Å². The largest absolute Gasteiger partial charge is 0.507 e. The van der Waals surface area contributed by atoms with Crippen molar-refractivity contribution in [2.24, 2.45) is 9.98 Å². The van der Waals surface area contributed by atoms with Crippen LogP contribution in [0.15, 0.2) is 101 Å². The summed E-state index contributed by atoms with van der Waals surface area (Å²) in [6.45, 7) is 0. The van der Waals surface area contributed by atoms with Crippen LogP contribution in [0.3, 0.4) is 0 Å². The van der Waals surface area contributed by atoms with Gasteiger partial charge in [0, 0.05) is 29.1 Å². The quantitative estimate of drug-likeness (QED) is 0.291. The Morgan fingerprint density at radius 2 is 1.24 bits per heavy atom. The first-order valence-electron chi connectivity index (χ1n) is 10.4. The summed E-state index contributed by atoms with van der Waals surface area (Å²) in [7, 11) is 0. The van der Waals surface area contributed by atoms with Gasteiger partial charge in [0.1, 0.15) is 17.3 Å². The normalized spacial score (nSPS) is 11.6. The summed E-state index contributed by atoms with van der Waals surface area (Å²) in [5, 5.41) is 19.7. The maximum absolute atomic E-state index is 9.89. The smallest absolute Gasteiger partial charge is 0.138 e. The van der Waals surface area contributed by atoms with Crippen molar-refractivity contribution >= 4 is 34.8 Å². The first-order chi connectivity index (χ1) is 16.2. The molecule has 3 N–H and O–H groups in total. The molecule has 0 radical (unpaired) electrons. The Labute approximate surface area is 190 Å². The predicted octanol–water partition coefficient (Wildman–Crippen LogP) is 6.14. The fourth-order valence-corrected chi connectivity index (χ4v) is 3.40. The monoisotopic (exact) mass is 432 g/mol. The second-order valence-electron chi connectivity index (χ2n) is 7.47. The number of hydrogen-bond acceptors (Lipinski definition) is 5. The maximum Gasteiger partial charge on any atom is 0.138 e. The number of nitrogens with zero attached hydrogens (tertiary/aromatic N) is 3. The number of benzene rings is 4. The highest BCUT2D eigenvalue weighted by Crippen LogP contribution is 2.26. The van der Waals surface area contributed by atoms with Gasteiger partial charge in [0.15, 0.2) is 0 Å². The molecule has 6 heteroatoms. The van der Waals surface area contributed by atoms with Gasteiger partial charge in [-0.05, 0) is 66.7 Å². The maximum atomic E-state index is 9.89. The van der Waals surface area contributed by atoms with Crippen LogP contribution in [0.2, 0.25) is 0 Å². The number of nitrogens with one attached hydrogen (secondary N) is 1. The molecule has 1 aromatic heterocycles. The van der Waals surface area contributed by atoms with Gasteiger partial charge in [-0.25, -0.2) is 4.98 Å². The van der Waals surface area contributed by atoms with Gasteiger partial charge in [-0.3, -0.25) is 9.98 Å². The standard InChI is InChI=1S/C27H20N4O2/c32-25-7-3-1-5-19(25)16-28-21-11-9-18(10-12-21)27-30-23-14-13-22(15-24(23)31-27)29-17-20-6-2-4-8-26(20)33/h1-17,32-33H,(H,30,31). The van der Waals surface area contributed by atoms with Crippen LogP contribution in [0.1, 0.15) is 11.1 Å². The Morgan fingerprint density at radius 3 is 1.88 bits per heavy atom. The van der Waals surface area contributed by atoms with Crippen molar-refractivity contribution in [3.05, 3.63) is 102 Å². The lowest BCUT2D eigenvalue weighted by atomic mass is 10.2. The molecule has 0 atom stereocenters. The van der Waals surface area contributed by atoms with Crippen LogP contribution < -0.4 is 0 Å². The molecule has 0 aliphatic heterocycles. The van der Waals surface area contributed by atoms with Crippen molar-refractivity contribution in [3.8, 4) is 22.9 Å². The van der Waals surface area contributed by atoms with E-state index in [0.29, 0.717) is 11.1 Å². The lowest BCUT2D eigenvalue weighted by Gasteiger charge is -1.99. The highest BCUT2D eigenvalue weighted by atomic mass is 16.3. The van der Waals surface area contributed by atoms with E-state index in [2.05, 4.69) is 20.0 Å². The SMILES string of the molecule is Oc1ccccc1C=Nc1ccc(-c2nc3ccc(N=Cc4ccccc4O)cc3[nH]2)cc1. The molecule has 0 unspecified atom stereocenters. The van der Waals surface area contributed by atoms with Crippen molar-refractivity contribution in [1.82, 2.24) is 9.97 Å². The number of phenolic OH excluding ortho intramolecular Hbond substituents is 2. The van der Waals surface area contributed by atoms with Crippen LogP contribution in [-0.2, 0) is 0 Å². The third-order valence-corrected chi connectivity index (χ3v) is 5.19. The second kappa shape index (κ2) is 8.80. The molecular formula is C27H20N4O2. The Kier molecular flexibility index (Phi) is 5.39. The molecule has 0 amide bonds. The number of phenols is 2. The Bertz CT molecular complexity index is 1480. The summed E-state index contributed by atoms with van der Waals surface area (Å²) in [5.41, 5.74) is 5.51. The molecule has 5 aromatic rings. The zero-order valence-corrected chi connectivity index (χ0v) is 17.6. The van der Waals surface area contributed by atoms with Crippen LogP contribution >= 0.6 is 0 Å². The van der Waals surface area contributed by atoms with Crippen molar-refractivity contribution in [2.75, 3.05) is 0 Å². The van der Waals surface area contributed by atoms with Crippen molar-refractivity contribution in [3.63, 3.8) is 0 Å². The number of aromatic hydroxyl groups is 2. The summed E-state index contributed by atoms with van der Waals surface area (Å²) >= 11 is 0. The summed E-state index contributed by atoms with van der Waals surface area (Å²) < 4.78 is 0. The first-order valence-corrected chi connectivity index (χ1v) is 10.4. The Morgan fingerprint density at radius 1 is 0.667 bits per heavy atom. The summed E-state index contributed by atoms with van der Waals surface area (Å²) in [5.74, 6) is 1.15. The number of imidazole rings is 1. The molecule has 4 aromatic carbocycles. The molecule has 5 rings (SSSR count). The molecular weight excluding hydrogens is 412 g/mol. The Hall–Kier alpha value is -4.71. The average Bonchev–Trinajstić information content (AvgIpc) is 3.27. The zero-order chi connectivity index (χ0) is 22.6. The van der Waals surface area contributed by atoms with Gasteiger partial charge in [-0.2, -0.15) is 0 Å².